The first kappa shape index (κ1) is 21.1. The standard InChI is InChI=1S/C24H20N6O5/c31-18-6-5-17(22(32)26-18)30-23(33)16-2-1-9-29(20(16)24(30)34)12-19-27-21(28-35-19)14-3-4-15-11-25-8-7-13(15)10-14/h3-4,7-8,10-11,17H,1-2,5-6,9,12H2,(H,26,31,32). The molecule has 35 heavy (non-hydrogen) atoms. The maximum Gasteiger partial charge on any atom is 0.278 e. The number of nitrogens with zero attached hydrogens (tertiary/aromatic N) is 5. The maximum absolute atomic E-state index is 13.3. The highest BCUT2D eigenvalue weighted by atomic mass is 16.5. The summed E-state index contributed by atoms with van der Waals surface area (Å²) >= 11 is 0. The third-order valence-corrected chi connectivity index (χ3v) is 6.57. The van der Waals surface area contributed by atoms with Gasteiger partial charge in [0.2, 0.25) is 23.5 Å². The van der Waals surface area contributed by atoms with Crippen molar-refractivity contribution in [2.45, 2.75) is 38.3 Å². The second-order valence-electron chi connectivity index (χ2n) is 8.75. The molecule has 3 aliphatic heterocycles. The van der Waals surface area contributed by atoms with E-state index < -0.39 is 29.7 Å². The van der Waals surface area contributed by atoms with Gasteiger partial charge in [-0.25, -0.2) is 0 Å². The molecule has 0 radical (unpaired) electrons. The first-order valence-electron chi connectivity index (χ1n) is 11.4. The largest absolute Gasteiger partial charge is 0.357 e. The minimum Gasteiger partial charge on any atom is -0.357 e. The van der Waals surface area contributed by atoms with Crippen molar-refractivity contribution in [1.29, 1.82) is 0 Å². The summed E-state index contributed by atoms with van der Waals surface area (Å²) in [7, 11) is 0. The number of nitrogens with one attached hydrogen (secondary N) is 1. The first-order valence-corrected chi connectivity index (χ1v) is 11.4. The Morgan fingerprint density at radius 1 is 1.06 bits per heavy atom. The van der Waals surface area contributed by atoms with Crippen molar-refractivity contribution in [3.63, 3.8) is 0 Å². The van der Waals surface area contributed by atoms with Crippen molar-refractivity contribution in [1.82, 2.24) is 30.2 Å². The molecule has 5 heterocycles. The van der Waals surface area contributed by atoms with Gasteiger partial charge in [0.15, 0.2) is 0 Å². The molecule has 3 aromatic rings. The zero-order valence-corrected chi connectivity index (χ0v) is 18.6. The lowest BCUT2D eigenvalue weighted by Gasteiger charge is -2.29. The molecule has 1 fully saturated rings. The molecule has 1 unspecified atom stereocenters. The average molecular weight is 472 g/mol. The Balaban J connectivity index is 1.24. The Morgan fingerprint density at radius 2 is 1.94 bits per heavy atom. The fourth-order valence-electron chi connectivity index (χ4n) is 4.88. The van der Waals surface area contributed by atoms with Gasteiger partial charge in [-0.1, -0.05) is 17.3 Å². The molecule has 1 N–H and O–H groups in total. The van der Waals surface area contributed by atoms with Crippen LogP contribution < -0.4 is 5.32 Å². The molecule has 1 saturated heterocycles. The number of aromatic nitrogens is 3. The van der Waals surface area contributed by atoms with Crippen LogP contribution in [-0.4, -0.2) is 61.1 Å². The minimum absolute atomic E-state index is 0.0812. The quantitative estimate of drug-likeness (QED) is 0.557. The van der Waals surface area contributed by atoms with Crippen molar-refractivity contribution < 1.29 is 23.7 Å². The van der Waals surface area contributed by atoms with E-state index in [1.165, 1.54) is 0 Å². The highest BCUT2D eigenvalue weighted by molar-refractivity contribution is 6.21. The van der Waals surface area contributed by atoms with Crippen LogP contribution in [0, 0.1) is 0 Å². The summed E-state index contributed by atoms with van der Waals surface area (Å²) in [4.78, 5) is 61.6. The van der Waals surface area contributed by atoms with Gasteiger partial charge in [-0.3, -0.25) is 34.4 Å². The molecule has 4 amide bonds. The van der Waals surface area contributed by atoms with Crippen molar-refractivity contribution in [3.05, 3.63) is 53.8 Å². The van der Waals surface area contributed by atoms with E-state index >= 15 is 0 Å². The lowest BCUT2D eigenvalue weighted by atomic mass is 10.0. The van der Waals surface area contributed by atoms with Crippen LogP contribution in [0.15, 0.2) is 52.5 Å². The van der Waals surface area contributed by atoms with Crippen LogP contribution in [-0.2, 0) is 25.7 Å². The molecular weight excluding hydrogens is 452 g/mol. The highest BCUT2D eigenvalue weighted by Crippen LogP contribution is 2.34. The van der Waals surface area contributed by atoms with Gasteiger partial charge in [-0.15, -0.1) is 0 Å². The highest BCUT2D eigenvalue weighted by Gasteiger charge is 2.48. The van der Waals surface area contributed by atoms with Crippen LogP contribution in [0.4, 0.5) is 0 Å². The van der Waals surface area contributed by atoms with Gasteiger partial charge < -0.3 is 9.42 Å². The van der Waals surface area contributed by atoms with Crippen molar-refractivity contribution in [3.8, 4) is 11.4 Å². The number of hydrogen-bond acceptors (Lipinski definition) is 9. The van der Waals surface area contributed by atoms with E-state index in [1.807, 2.05) is 24.3 Å². The zero-order chi connectivity index (χ0) is 24.1. The fraction of sp³-hybridized carbons (Fsp3) is 0.292. The number of imide groups is 2. The summed E-state index contributed by atoms with van der Waals surface area (Å²) in [5.41, 5.74) is 1.44. The Bertz CT molecular complexity index is 1440. The van der Waals surface area contributed by atoms with E-state index in [-0.39, 0.29) is 25.1 Å². The van der Waals surface area contributed by atoms with Crippen LogP contribution in [0.5, 0.6) is 0 Å². The molecule has 1 aromatic carbocycles. The van der Waals surface area contributed by atoms with E-state index in [0.29, 0.717) is 36.7 Å². The molecule has 2 aromatic heterocycles. The lowest BCUT2D eigenvalue weighted by Crippen LogP contribution is -2.55. The smallest absolute Gasteiger partial charge is 0.278 e. The van der Waals surface area contributed by atoms with E-state index in [4.69, 9.17) is 4.52 Å². The van der Waals surface area contributed by atoms with Gasteiger partial charge in [-0.2, -0.15) is 4.98 Å². The third-order valence-electron chi connectivity index (χ3n) is 6.57. The predicted molar refractivity (Wildman–Crippen MR) is 120 cm³/mol. The summed E-state index contributed by atoms with van der Waals surface area (Å²) in [5.74, 6) is -1.29. The lowest BCUT2D eigenvalue weighted by molar-refractivity contribution is -0.150. The number of fused-ring (bicyclic) bond motifs is 1. The van der Waals surface area contributed by atoms with Gasteiger partial charge in [-0.05, 0) is 36.8 Å². The summed E-state index contributed by atoms with van der Waals surface area (Å²) < 4.78 is 5.47. The normalized spacial score (nSPS) is 20.6. The van der Waals surface area contributed by atoms with Gasteiger partial charge in [0.05, 0.1) is 6.54 Å². The van der Waals surface area contributed by atoms with Gasteiger partial charge >= 0.3 is 0 Å². The number of amides is 4. The van der Waals surface area contributed by atoms with Crippen molar-refractivity contribution >= 4 is 34.4 Å². The minimum atomic E-state index is -0.988. The summed E-state index contributed by atoms with van der Waals surface area (Å²) in [5, 5.41) is 8.30. The van der Waals surface area contributed by atoms with Gasteiger partial charge in [0.1, 0.15) is 11.7 Å². The number of benzene rings is 1. The molecule has 6 rings (SSSR count). The Labute approximate surface area is 198 Å². The number of rotatable bonds is 4. The van der Waals surface area contributed by atoms with Crippen molar-refractivity contribution in [2.24, 2.45) is 0 Å². The average Bonchev–Trinajstić information content (AvgIpc) is 3.42. The summed E-state index contributed by atoms with van der Waals surface area (Å²) in [6, 6.07) is 6.68. The Kier molecular flexibility index (Phi) is 4.90. The SMILES string of the molecule is O=C1CCC(N2C(=O)C3=C(C2=O)N(Cc2nc(-c4ccc5cnccc5c4)no2)CCC3)C(=O)N1. The summed E-state index contributed by atoms with van der Waals surface area (Å²) in [6.45, 7) is 0.688. The Morgan fingerprint density at radius 3 is 2.80 bits per heavy atom. The number of hydrogen-bond donors (Lipinski definition) is 1. The van der Waals surface area contributed by atoms with E-state index in [9.17, 15) is 19.2 Å². The number of carbonyl (C=O) groups is 4. The topological polar surface area (TPSA) is 139 Å². The number of pyridine rings is 1. The van der Waals surface area contributed by atoms with Crippen LogP contribution in [0.1, 0.15) is 31.6 Å². The summed E-state index contributed by atoms with van der Waals surface area (Å²) in [6.07, 6.45) is 4.81. The second-order valence-corrected chi connectivity index (χ2v) is 8.75. The molecule has 11 heteroatoms. The molecule has 0 bridgehead atoms. The number of carbonyl (C=O) groups excluding carboxylic acids is 4. The van der Waals surface area contributed by atoms with Crippen LogP contribution in [0.2, 0.25) is 0 Å². The number of piperidine rings is 1. The van der Waals surface area contributed by atoms with Crippen molar-refractivity contribution in [2.75, 3.05) is 6.54 Å². The van der Waals surface area contributed by atoms with Gasteiger partial charge in [0, 0.05) is 41.9 Å². The van der Waals surface area contributed by atoms with Gasteiger partial charge in [0.25, 0.3) is 11.8 Å². The Hall–Kier alpha value is -4.41. The van der Waals surface area contributed by atoms with Crippen LogP contribution >= 0.6 is 0 Å². The molecule has 176 valence electrons. The van der Waals surface area contributed by atoms with E-state index in [1.54, 1.807) is 17.3 Å². The van der Waals surface area contributed by atoms with E-state index in [0.717, 1.165) is 21.2 Å². The third kappa shape index (κ3) is 3.56. The monoisotopic (exact) mass is 472 g/mol. The maximum atomic E-state index is 13.3. The first-order chi connectivity index (χ1) is 17.0. The molecule has 0 saturated carbocycles. The fourth-order valence-corrected chi connectivity index (χ4v) is 4.88. The molecule has 0 aliphatic carbocycles. The second kappa shape index (κ2) is 8.12. The zero-order valence-electron chi connectivity index (χ0n) is 18.6. The van der Waals surface area contributed by atoms with Crippen LogP contribution in [0.25, 0.3) is 22.2 Å². The molecule has 11 nitrogen and oxygen atoms in total. The van der Waals surface area contributed by atoms with Crippen LogP contribution in [0.3, 0.4) is 0 Å². The molecule has 1 atom stereocenters. The molecule has 0 spiro atoms. The molecule has 3 aliphatic rings. The molecular formula is C24H20N6O5. The van der Waals surface area contributed by atoms with E-state index in [2.05, 4.69) is 20.4 Å². The predicted octanol–water partition coefficient (Wildman–Crippen LogP) is 1.31.